The van der Waals surface area contributed by atoms with Crippen molar-refractivity contribution in [2.45, 2.75) is 4.90 Å². The van der Waals surface area contributed by atoms with Crippen molar-refractivity contribution in [3.05, 3.63) is 60.2 Å². The molecule has 0 aliphatic carbocycles. The second-order valence-electron chi connectivity index (χ2n) is 3.96. The van der Waals surface area contributed by atoms with E-state index >= 15 is 0 Å². The molecule has 0 bridgehead atoms. The molecule has 0 unspecified atom stereocenters. The summed E-state index contributed by atoms with van der Waals surface area (Å²) in [6, 6.07) is 13.3. The maximum absolute atomic E-state index is 11.9. The molecule has 2 aromatic rings. The van der Waals surface area contributed by atoms with Crippen molar-refractivity contribution in [3.8, 4) is 5.75 Å². The summed E-state index contributed by atoms with van der Waals surface area (Å²) < 4.78 is 28.8. The first-order valence-electron chi connectivity index (χ1n) is 5.76. The zero-order valence-corrected chi connectivity index (χ0v) is 11.2. The predicted molar refractivity (Wildman–Crippen MR) is 72.1 cm³/mol. The Bertz CT molecular complexity index is 690. The fraction of sp³-hybridized carbons (Fsp3) is 0.0714. The van der Waals surface area contributed by atoms with Crippen molar-refractivity contribution < 1.29 is 22.5 Å². The largest absolute Gasteiger partial charge is 0.388 e. The Labute approximate surface area is 116 Å². The van der Waals surface area contributed by atoms with E-state index in [2.05, 4.69) is 0 Å². The minimum Gasteiger partial charge on any atom is -0.388 e. The third-order valence-corrected chi connectivity index (χ3v) is 3.82. The van der Waals surface area contributed by atoms with Crippen LogP contribution >= 0.6 is 0 Å². The molecule has 0 saturated carbocycles. The van der Waals surface area contributed by atoms with Gasteiger partial charge in [0.05, 0.1) is 0 Å². The summed E-state index contributed by atoms with van der Waals surface area (Å²) in [5.41, 5.74) is 0.289. The normalized spacial score (nSPS) is 11.1. The molecule has 6 heteroatoms. The van der Waals surface area contributed by atoms with Gasteiger partial charge in [0.1, 0.15) is 17.3 Å². The summed E-state index contributed by atoms with van der Waals surface area (Å²) in [6.07, 6.45) is 0. The van der Waals surface area contributed by atoms with Gasteiger partial charge in [-0.25, -0.2) is 0 Å². The summed E-state index contributed by atoms with van der Waals surface area (Å²) >= 11 is 0. The van der Waals surface area contributed by atoms with Gasteiger partial charge in [0.25, 0.3) is 0 Å². The Kier molecular flexibility index (Phi) is 4.16. The van der Waals surface area contributed by atoms with Crippen molar-refractivity contribution in [2.24, 2.45) is 0 Å². The van der Waals surface area contributed by atoms with Gasteiger partial charge in [-0.3, -0.25) is 4.79 Å². The lowest BCUT2D eigenvalue weighted by atomic mass is 10.1. The van der Waals surface area contributed by atoms with Gasteiger partial charge in [-0.1, -0.05) is 18.2 Å². The number of aliphatic hydroxyl groups is 1. The van der Waals surface area contributed by atoms with E-state index in [-0.39, 0.29) is 16.2 Å². The van der Waals surface area contributed by atoms with E-state index in [1.807, 2.05) is 0 Å². The number of hydrogen-bond donors (Lipinski definition) is 1. The fourth-order valence-corrected chi connectivity index (χ4v) is 2.50. The van der Waals surface area contributed by atoms with Crippen LogP contribution in [0.4, 0.5) is 0 Å². The second-order valence-corrected chi connectivity index (χ2v) is 5.50. The van der Waals surface area contributed by atoms with Crippen LogP contribution in [0.1, 0.15) is 10.4 Å². The lowest BCUT2D eigenvalue weighted by Gasteiger charge is -2.07. The highest BCUT2D eigenvalue weighted by molar-refractivity contribution is 7.87. The van der Waals surface area contributed by atoms with Gasteiger partial charge >= 0.3 is 10.1 Å². The summed E-state index contributed by atoms with van der Waals surface area (Å²) in [6.45, 7) is -0.595. The molecule has 0 spiro atoms. The molecule has 0 aliphatic rings. The molecule has 5 nitrogen and oxygen atoms in total. The average molecular weight is 292 g/mol. The number of carbonyl (C=O) groups excluding carboxylic acids is 1. The zero-order chi connectivity index (χ0) is 14.6. The maximum atomic E-state index is 11.9. The topological polar surface area (TPSA) is 80.7 Å². The van der Waals surface area contributed by atoms with E-state index in [1.165, 1.54) is 36.4 Å². The van der Waals surface area contributed by atoms with Crippen LogP contribution in [0.15, 0.2) is 59.5 Å². The molecule has 0 saturated heterocycles. The Morgan fingerprint density at radius 1 is 1.00 bits per heavy atom. The molecular weight excluding hydrogens is 280 g/mol. The minimum absolute atomic E-state index is 0.0514. The molecule has 2 aromatic carbocycles. The first-order valence-corrected chi connectivity index (χ1v) is 7.17. The van der Waals surface area contributed by atoms with Crippen molar-refractivity contribution in [1.29, 1.82) is 0 Å². The number of ketones is 1. The van der Waals surface area contributed by atoms with E-state index in [9.17, 15) is 13.2 Å². The molecule has 0 heterocycles. The van der Waals surface area contributed by atoms with Crippen LogP contribution in [-0.4, -0.2) is 25.9 Å². The van der Waals surface area contributed by atoms with E-state index in [4.69, 9.17) is 9.29 Å². The highest BCUT2D eigenvalue weighted by atomic mass is 32.2. The Balaban J connectivity index is 2.20. The smallest absolute Gasteiger partial charge is 0.339 e. The molecule has 0 radical (unpaired) electrons. The van der Waals surface area contributed by atoms with E-state index in [0.717, 1.165) is 0 Å². The lowest BCUT2D eigenvalue weighted by Crippen LogP contribution is -2.10. The van der Waals surface area contributed by atoms with Gasteiger partial charge in [-0.05, 0) is 36.4 Å². The monoisotopic (exact) mass is 292 g/mol. The van der Waals surface area contributed by atoms with E-state index < -0.39 is 22.5 Å². The molecule has 0 aliphatic heterocycles. The molecule has 0 fully saturated rings. The number of Topliss-reactive ketones (excluding diaryl/α,β-unsaturated/α-hetero) is 1. The van der Waals surface area contributed by atoms with Gasteiger partial charge in [0.2, 0.25) is 0 Å². The van der Waals surface area contributed by atoms with Crippen LogP contribution < -0.4 is 4.18 Å². The van der Waals surface area contributed by atoms with Crippen LogP contribution in [0.25, 0.3) is 0 Å². The summed E-state index contributed by atoms with van der Waals surface area (Å²) in [7, 11) is -3.89. The number of hydrogen-bond acceptors (Lipinski definition) is 5. The summed E-state index contributed by atoms with van der Waals surface area (Å²) in [4.78, 5) is 11.3. The van der Waals surface area contributed by atoms with Crippen LogP contribution in [0.5, 0.6) is 5.75 Å². The summed E-state index contributed by atoms with van der Waals surface area (Å²) in [5, 5.41) is 8.72. The SMILES string of the molecule is O=C(CO)c1ccc(OS(=O)(=O)c2ccccc2)cc1. The number of rotatable bonds is 5. The predicted octanol–water partition coefficient (Wildman–Crippen LogP) is 1.63. The van der Waals surface area contributed by atoms with Crippen molar-refractivity contribution in [1.82, 2.24) is 0 Å². The maximum Gasteiger partial charge on any atom is 0.339 e. The first-order chi connectivity index (χ1) is 9.53. The van der Waals surface area contributed by atoms with Gasteiger partial charge < -0.3 is 9.29 Å². The number of carbonyl (C=O) groups is 1. The van der Waals surface area contributed by atoms with Gasteiger partial charge in [-0.2, -0.15) is 8.42 Å². The molecule has 104 valence electrons. The van der Waals surface area contributed by atoms with Crippen LogP contribution in [0.3, 0.4) is 0 Å². The third-order valence-electron chi connectivity index (χ3n) is 2.56. The Morgan fingerprint density at radius 3 is 2.15 bits per heavy atom. The van der Waals surface area contributed by atoms with Crippen molar-refractivity contribution in [3.63, 3.8) is 0 Å². The average Bonchev–Trinajstić information content (AvgIpc) is 2.48. The third kappa shape index (κ3) is 3.23. The molecule has 0 atom stereocenters. The molecule has 1 N–H and O–H groups in total. The number of benzene rings is 2. The summed E-state index contributed by atoms with van der Waals surface area (Å²) in [5.74, 6) is -0.342. The second kappa shape index (κ2) is 5.85. The van der Waals surface area contributed by atoms with Crippen LogP contribution in [0.2, 0.25) is 0 Å². The Hall–Kier alpha value is -2.18. The van der Waals surface area contributed by atoms with E-state index in [1.54, 1.807) is 18.2 Å². The fourth-order valence-electron chi connectivity index (χ4n) is 1.55. The zero-order valence-electron chi connectivity index (χ0n) is 10.4. The van der Waals surface area contributed by atoms with Gasteiger partial charge in [-0.15, -0.1) is 0 Å². The van der Waals surface area contributed by atoms with Crippen molar-refractivity contribution in [2.75, 3.05) is 6.61 Å². The molecule has 2 rings (SSSR count). The first kappa shape index (κ1) is 14.2. The molecular formula is C14H12O5S. The van der Waals surface area contributed by atoms with Gasteiger partial charge in [0, 0.05) is 5.56 Å². The lowest BCUT2D eigenvalue weighted by molar-refractivity contribution is 0.0904. The highest BCUT2D eigenvalue weighted by Crippen LogP contribution is 2.19. The quantitative estimate of drug-likeness (QED) is 0.669. The molecule has 0 aromatic heterocycles. The molecule has 20 heavy (non-hydrogen) atoms. The van der Waals surface area contributed by atoms with Crippen LogP contribution in [0, 0.1) is 0 Å². The van der Waals surface area contributed by atoms with Crippen LogP contribution in [-0.2, 0) is 10.1 Å². The molecule has 0 amide bonds. The van der Waals surface area contributed by atoms with Crippen molar-refractivity contribution >= 4 is 15.9 Å². The number of aliphatic hydroxyl groups excluding tert-OH is 1. The van der Waals surface area contributed by atoms with E-state index in [0.29, 0.717) is 0 Å². The highest BCUT2D eigenvalue weighted by Gasteiger charge is 2.16. The van der Waals surface area contributed by atoms with Gasteiger partial charge in [0.15, 0.2) is 5.78 Å². The Morgan fingerprint density at radius 2 is 1.60 bits per heavy atom. The minimum atomic E-state index is -3.89. The standard InChI is InChI=1S/C14H12O5S/c15-10-14(16)11-6-8-12(9-7-11)19-20(17,18)13-4-2-1-3-5-13/h1-9,15H,10H2.